The van der Waals surface area contributed by atoms with Crippen LogP contribution in [0.2, 0.25) is 0 Å². The minimum absolute atomic E-state index is 0.567. The summed E-state index contributed by atoms with van der Waals surface area (Å²) in [5.41, 5.74) is 3.02. The zero-order valence-corrected chi connectivity index (χ0v) is 11.7. The predicted molar refractivity (Wildman–Crippen MR) is 75.7 cm³/mol. The smallest absolute Gasteiger partial charge is 0.0210 e. The van der Waals surface area contributed by atoms with Crippen molar-refractivity contribution < 1.29 is 0 Å². The van der Waals surface area contributed by atoms with Gasteiger partial charge in [-0.2, -0.15) is 0 Å². The summed E-state index contributed by atoms with van der Waals surface area (Å²) < 4.78 is 0. The fourth-order valence-corrected chi connectivity index (χ4v) is 3.04. The van der Waals surface area contributed by atoms with E-state index >= 15 is 0 Å². The van der Waals surface area contributed by atoms with Gasteiger partial charge in [0.1, 0.15) is 0 Å². The first kappa shape index (κ1) is 15.0. The lowest BCUT2D eigenvalue weighted by molar-refractivity contribution is 0.383. The van der Waals surface area contributed by atoms with Gasteiger partial charge in [0.05, 0.1) is 0 Å². The molecule has 1 unspecified atom stereocenters. The van der Waals surface area contributed by atoms with Crippen LogP contribution < -0.4 is 11.3 Å². The largest absolute Gasteiger partial charge is 0.271 e. The molecule has 1 rings (SSSR count). The number of nitrogens with two attached hydrogens (primary N) is 1. The molecule has 1 saturated carbocycles. The van der Waals surface area contributed by atoms with Gasteiger partial charge < -0.3 is 0 Å². The van der Waals surface area contributed by atoms with E-state index in [4.69, 9.17) is 5.84 Å². The maximum Gasteiger partial charge on any atom is 0.0210 e. The van der Waals surface area contributed by atoms with E-state index in [0.29, 0.717) is 6.04 Å². The molecule has 3 N–H and O–H groups in total. The Morgan fingerprint density at radius 1 is 1.06 bits per heavy atom. The third kappa shape index (κ3) is 7.05. The molecular formula is C15H32N2. The number of rotatable bonds is 10. The Balaban J connectivity index is 1.98. The molecule has 102 valence electrons. The van der Waals surface area contributed by atoms with Gasteiger partial charge in [0.2, 0.25) is 0 Å². The van der Waals surface area contributed by atoms with Gasteiger partial charge in [0, 0.05) is 6.04 Å². The van der Waals surface area contributed by atoms with Gasteiger partial charge >= 0.3 is 0 Å². The second kappa shape index (κ2) is 9.90. The summed E-state index contributed by atoms with van der Waals surface area (Å²) in [6.07, 6.45) is 16.7. The lowest BCUT2D eigenvalue weighted by Gasteiger charge is -2.18. The zero-order valence-electron chi connectivity index (χ0n) is 11.7. The molecule has 0 saturated heterocycles. The van der Waals surface area contributed by atoms with Crippen molar-refractivity contribution in [2.45, 2.75) is 90.0 Å². The highest BCUT2D eigenvalue weighted by Crippen LogP contribution is 2.29. The topological polar surface area (TPSA) is 38.0 Å². The quantitative estimate of drug-likeness (QED) is 0.342. The standard InChI is InChI=1S/C15H32N2/c1-2-3-4-5-6-11-15(17-16)13-12-14-9-7-8-10-14/h14-15,17H,2-13,16H2,1H3. The van der Waals surface area contributed by atoms with E-state index < -0.39 is 0 Å². The first-order valence-electron chi connectivity index (χ1n) is 7.83. The van der Waals surface area contributed by atoms with Crippen LogP contribution in [0.5, 0.6) is 0 Å². The normalized spacial score (nSPS) is 18.7. The molecular weight excluding hydrogens is 208 g/mol. The molecule has 2 heteroatoms. The van der Waals surface area contributed by atoms with Crippen molar-refractivity contribution in [3.63, 3.8) is 0 Å². The second-order valence-corrected chi connectivity index (χ2v) is 5.79. The van der Waals surface area contributed by atoms with Gasteiger partial charge in [0.25, 0.3) is 0 Å². The van der Waals surface area contributed by atoms with Crippen LogP contribution in [0.3, 0.4) is 0 Å². The Morgan fingerprint density at radius 2 is 1.76 bits per heavy atom. The second-order valence-electron chi connectivity index (χ2n) is 5.79. The van der Waals surface area contributed by atoms with Gasteiger partial charge in [-0.15, -0.1) is 0 Å². The molecule has 1 atom stereocenters. The van der Waals surface area contributed by atoms with Crippen LogP contribution in [0.4, 0.5) is 0 Å². The summed E-state index contributed by atoms with van der Waals surface area (Å²) in [7, 11) is 0. The fourth-order valence-electron chi connectivity index (χ4n) is 3.04. The van der Waals surface area contributed by atoms with E-state index in [0.717, 1.165) is 5.92 Å². The van der Waals surface area contributed by atoms with E-state index in [2.05, 4.69) is 12.3 Å². The Labute approximate surface area is 108 Å². The summed E-state index contributed by atoms with van der Waals surface area (Å²) in [6.45, 7) is 2.27. The number of hydrogen-bond donors (Lipinski definition) is 2. The first-order chi connectivity index (χ1) is 8.36. The third-order valence-electron chi connectivity index (χ3n) is 4.29. The average Bonchev–Trinajstić information content (AvgIpc) is 2.86. The molecule has 0 aromatic rings. The Morgan fingerprint density at radius 3 is 2.41 bits per heavy atom. The Kier molecular flexibility index (Phi) is 8.72. The van der Waals surface area contributed by atoms with E-state index in [1.54, 1.807) is 0 Å². The first-order valence-corrected chi connectivity index (χ1v) is 7.83. The molecule has 2 nitrogen and oxygen atoms in total. The van der Waals surface area contributed by atoms with Crippen LogP contribution in [0.25, 0.3) is 0 Å². The molecule has 0 aliphatic heterocycles. The van der Waals surface area contributed by atoms with Crippen LogP contribution in [0.15, 0.2) is 0 Å². The summed E-state index contributed by atoms with van der Waals surface area (Å²) in [6, 6.07) is 0.567. The van der Waals surface area contributed by atoms with Gasteiger partial charge in [-0.25, -0.2) is 0 Å². The minimum atomic E-state index is 0.567. The number of hydrogen-bond acceptors (Lipinski definition) is 2. The van der Waals surface area contributed by atoms with Crippen LogP contribution >= 0.6 is 0 Å². The molecule has 0 bridgehead atoms. The Hall–Kier alpha value is -0.0800. The van der Waals surface area contributed by atoms with Crippen LogP contribution in [0.1, 0.15) is 84.0 Å². The van der Waals surface area contributed by atoms with Gasteiger partial charge in [-0.3, -0.25) is 11.3 Å². The van der Waals surface area contributed by atoms with Gasteiger partial charge in [0.15, 0.2) is 0 Å². The lowest BCUT2D eigenvalue weighted by Crippen LogP contribution is -2.35. The van der Waals surface area contributed by atoms with E-state index in [-0.39, 0.29) is 0 Å². The van der Waals surface area contributed by atoms with Crippen LogP contribution in [-0.2, 0) is 0 Å². The molecule has 17 heavy (non-hydrogen) atoms. The summed E-state index contributed by atoms with van der Waals surface area (Å²) >= 11 is 0. The van der Waals surface area contributed by atoms with Crippen molar-refractivity contribution in [1.29, 1.82) is 0 Å². The minimum Gasteiger partial charge on any atom is -0.271 e. The van der Waals surface area contributed by atoms with Crippen molar-refractivity contribution in [2.75, 3.05) is 0 Å². The maximum atomic E-state index is 5.65. The van der Waals surface area contributed by atoms with Crippen molar-refractivity contribution in [1.82, 2.24) is 5.43 Å². The van der Waals surface area contributed by atoms with E-state index in [9.17, 15) is 0 Å². The number of unbranched alkanes of at least 4 members (excludes halogenated alkanes) is 4. The lowest BCUT2D eigenvalue weighted by atomic mass is 9.96. The SMILES string of the molecule is CCCCCCCC(CCC1CCCC1)NN. The zero-order chi connectivity index (χ0) is 12.3. The molecule has 1 aliphatic rings. The maximum absolute atomic E-state index is 5.65. The van der Waals surface area contributed by atoms with E-state index in [1.807, 2.05) is 0 Å². The van der Waals surface area contributed by atoms with Crippen molar-refractivity contribution >= 4 is 0 Å². The molecule has 0 amide bonds. The van der Waals surface area contributed by atoms with Crippen LogP contribution in [0, 0.1) is 5.92 Å². The molecule has 1 fully saturated rings. The highest BCUT2D eigenvalue weighted by molar-refractivity contribution is 4.71. The summed E-state index contributed by atoms with van der Waals surface area (Å²) in [5.74, 6) is 6.65. The molecule has 0 radical (unpaired) electrons. The Bertz CT molecular complexity index is 164. The van der Waals surface area contributed by atoms with Gasteiger partial charge in [-0.05, 0) is 25.2 Å². The molecule has 1 aliphatic carbocycles. The van der Waals surface area contributed by atoms with Crippen molar-refractivity contribution in [3.8, 4) is 0 Å². The summed E-state index contributed by atoms with van der Waals surface area (Å²) in [5, 5.41) is 0. The average molecular weight is 240 g/mol. The third-order valence-corrected chi connectivity index (χ3v) is 4.29. The molecule has 0 heterocycles. The van der Waals surface area contributed by atoms with Crippen molar-refractivity contribution in [3.05, 3.63) is 0 Å². The van der Waals surface area contributed by atoms with Gasteiger partial charge in [-0.1, -0.05) is 64.7 Å². The predicted octanol–water partition coefficient (Wildman–Crippen LogP) is 4.15. The number of nitrogens with one attached hydrogen (secondary N) is 1. The fraction of sp³-hybridized carbons (Fsp3) is 1.00. The van der Waals surface area contributed by atoms with Crippen LogP contribution in [-0.4, -0.2) is 6.04 Å². The van der Waals surface area contributed by atoms with E-state index in [1.165, 1.54) is 77.0 Å². The monoisotopic (exact) mass is 240 g/mol. The summed E-state index contributed by atoms with van der Waals surface area (Å²) in [4.78, 5) is 0. The highest BCUT2D eigenvalue weighted by Gasteiger charge is 2.16. The number of hydrazine groups is 1. The molecule has 0 aromatic heterocycles. The molecule has 0 spiro atoms. The highest BCUT2D eigenvalue weighted by atomic mass is 15.2. The van der Waals surface area contributed by atoms with Crippen molar-refractivity contribution in [2.24, 2.45) is 11.8 Å². The molecule has 0 aromatic carbocycles.